The lowest BCUT2D eigenvalue weighted by Crippen LogP contribution is -3.15. The van der Waals surface area contributed by atoms with Gasteiger partial charge in [-0.1, -0.05) is 41.1 Å². The second kappa shape index (κ2) is 7.61. The first-order valence-electron chi connectivity index (χ1n) is 8.67. The van der Waals surface area contributed by atoms with Crippen LogP contribution in [0.5, 0.6) is 0 Å². The maximum absolute atomic E-state index is 12.2. The van der Waals surface area contributed by atoms with Gasteiger partial charge in [-0.3, -0.25) is 4.79 Å². The molecule has 0 saturated carbocycles. The molecule has 2 heterocycles. The Hall–Kier alpha value is -2.15. The van der Waals surface area contributed by atoms with Gasteiger partial charge in [0, 0.05) is 10.7 Å². The van der Waals surface area contributed by atoms with Gasteiger partial charge in [0.2, 0.25) is 0 Å². The Bertz CT molecular complexity index is 906. The molecule has 0 radical (unpaired) electrons. The third-order valence-corrected chi connectivity index (χ3v) is 5.88. The zero-order valence-corrected chi connectivity index (χ0v) is 15.8. The van der Waals surface area contributed by atoms with E-state index < -0.39 is 0 Å². The first-order chi connectivity index (χ1) is 12.7. The largest absolute Gasteiger partial charge is 0.337 e. The molecule has 134 valence electrons. The number of thiazole rings is 1. The summed E-state index contributed by atoms with van der Waals surface area (Å²) >= 11 is 7.75. The monoisotopic (exact) mass is 387 g/mol. The van der Waals surface area contributed by atoms with Gasteiger partial charge in [0.05, 0.1) is 36.4 Å². The molecular formula is C19H20ClN4OS+. The Morgan fingerprint density at radius 1 is 1.19 bits per heavy atom. The molecule has 1 amide bonds. The van der Waals surface area contributed by atoms with Crippen LogP contribution in [-0.2, 0) is 4.79 Å². The molecule has 5 nitrogen and oxygen atoms in total. The highest BCUT2D eigenvalue weighted by Crippen LogP contribution is 2.30. The topological polar surface area (TPSA) is 49.7 Å². The Morgan fingerprint density at radius 3 is 2.73 bits per heavy atom. The number of nitrogens with one attached hydrogen (secondary N) is 2. The molecule has 1 saturated heterocycles. The number of anilines is 2. The molecule has 2 N–H and O–H groups in total. The van der Waals surface area contributed by atoms with E-state index in [2.05, 4.69) is 10.2 Å². The smallest absolute Gasteiger partial charge is 0.279 e. The summed E-state index contributed by atoms with van der Waals surface area (Å²) in [5.41, 5.74) is 1.80. The van der Waals surface area contributed by atoms with Crippen LogP contribution < -0.4 is 15.1 Å². The highest BCUT2D eigenvalue weighted by atomic mass is 35.5. The lowest BCUT2D eigenvalue weighted by Gasteiger charge is -2.31. The van der Waals surface area contributed by atoms with Crippen molar-refractivity contribution < 1.29 is 9.69 Å². The predicted octanol–water partition coefficient (Wildman–Crippen LogP) is 2.29. The summed E-state index contributed by atoms with van der Waals surface area (Å²) in [7, 11) is 0. The van der Waals surface area contributed by atoms with Crippen molar-refractivity contribution in [3.05, 3.63) is 53.6 Å². The average Bonchev–Trinajstić information content (AvgIpc) is 3.06. The van der Waals surface area contributed by atoms with E-state index in [1.54, 1.807) is 11.3 Å². The lowest BCUT2D eigenvalue weighted by atomic mass is 10.3. The molecule has 3 aromatic rings. The van der Waals surface area contributed by atoms with E-state index in [1.807, 2.05) is 48.5 Å². The fraction of sp³-hybridized carbons (Fsp3) is 0.263. The Kier molecular flexibility index (Phi) is 5.06. The van der Waals surface area contributed by atoms with Crippen LogP contribution in [0, 0.1) is 0 Å². The van der Waals surface area contributed by atoms with Crippen molar-refractivity contribution in [2.24, 2.45) is 0 Å². The number of fused-ring (bicyclic) bond motifs is 1. The Labute approximate surface area is 161 Å². The second-order valence-corrected chi connectivity index (χ2v) is 7.88. The molecule has 26 heavy (non-hydrogen) atoms. The SMILES string of the molecule is O=C(C[NH+]1CCN(c2nc3cc(Cl)ccc3s2)CC1)Nc1ccccc1. The van der Waals surface area contributed by atoms with Crippen LogP contribution in [0.1, 0.15) is 0 Å². The molecule has 1 aliphatic heterocycles. The maximum Gasteiger partial charge on any atom is 0.279 e. The number of quaternary nitrogens is 1. The van der Waals surface area contributed by atoms with Crippen LogP contribution in [0.4, 0.5) is 10.8 Å². The molecule has 1 aromatic heterocycles. The van der Waals surface area contributed by atoms with Crippen molar-refractivity contribution in [2.75, 3.05) is 42.9 Å². The van der Waals surface area contributed by atoms with E-state index in [1.165, 1.54) is 4.90 Å². The number of amides is 1. The number of carbonyl (C=O) groups is 1. The number of halogens is 1. The fourth-order valence-electron chi connectivity index (χ4n) is 3.17. The third kappa shape index (κ3) is 3.98. The Morgan fingerprint density at radius 2 is 1.96 bits per heavy atom. The van der Waals surface area contributed by atoms with Gasteiger partial charge in [0.1, 0.15) is 0 Å². The molecule has 1 aliphatic rings. The van der Waals surface area contributed by atoms with Crippen LogP contribution in [-0.4, -0.2) is 43.6 Å². The van der Waals surface area contributed by atoms with Crippen molar-refractivity contribution in [2.45, 2.75) is 0 Å². The first-order valence-corrected chi connectivity index (χ1v) is 9.86. The maximum atomic E-state index is 12.2. The van der Waals surface area contributed by atoms with Gasteiger partial charge in [0.15, 0.2) is 11.7 Å². The number of hydrogen-bond donors (Lipinski definition) is 2. The van der Waals surface area contributed by atoms with Gasteiger partial charge >= 0.3 is 0 Å². The van der Waals surface area contributed by atoms with Crippen molar-refractivity contribution >= 4 is 49.9 Å². The Balaban J connectivity index is 1.32. The number of nitrogens with zero attached hydrogens (tertiary/aromatic N) is 2. The number of piperazine rings is 1. The average molecular weight is 388 g/mol. The summed E-state index contributed by atoms with van der Waals surface area (Å²) in [6.07, 6.45) is 0. The molecule has 0 unspecified atom stereocenters. The van der Waals surface area contributed by atoms with Crippen LogP contribution >= 0.6 is 22.9 Å². The zero-order chi connectivity index (χ0) is 17.9. The molecule has 0 aliphatic carbocycles. The van der Waals surface area contributed by atoms with Crippen molar-refractivity contribution in [1.29, 1.82) is 0 Å². The summed E-state index contributed by atoms with van der Waals surface area (Å²) in [6, 6.07) is 15.4. The lowest BCUT2D eigenvalue weighted by molar-refractivity contribution is -0.892. The van der Waals surface area contributed by atoms with Gasteiger partial charge in [0.25, 0.3) is 5.91 Å². The summed E-state index contributed by atoms with van der Waals surface area (Å²) in [6.45, 7) is 4.17. The van der Waals surface area contributed by atoms with Gasteiger partial charge in [-0.25, -0.2) is 4.98 Å². The molecule has 7 heteroatoms. The van der Waals surface area contributed by atoms with Gasteiger partial charge < -0.3 is 15.1 Å². The molecule has 0 atom stereocenters. The standard InChI is InChI=1S/C19H19ClN4OS/c20-14-6-7-17-16(12-14)22-19(26-17)24-10-8-23(9-11-24)13-18(25)21-15-4-2-1-3-5-15/h1-7,12H,8-11,13H2,(H,21,25)/p+1. The molecule has 2 aromatic carbocycles. The van der Waals surface area contributed by atoms with Crippen molar-refractivity contribution in [3.8, 4) is 0 Å². The van der Waals surface area contributed by atoms with Gasteiger partial charge in [-0.05, 0) is 30.3 Å². The van der Waals surface area contributed by atoms with Gasteiger partial charge in [-0.2, -0.15) is 0 Å². The zero-order valence-electron chi connectivity index (χ0n) is 14.2. The van der Waals surface area contributed by atoms with E-state index in [0.717, 1.165) is 47.2 Å². The van der Waals surface area contributed by atoms with E-state index in [4.69, 9.17) is 16.6 Å². The number of para-hydroxylation sites is 1. The summed E-state index contributed by atoms with van der Waals surface area (Å²) in [4.78, 5) is 20.5. The highest BCUT2D eigenvalue weighted by molar-refractivity contribution is 7.22. The van der Waals surface area contributed by atoms with Crippen LogP contribution in [0.15, 0.2) is 48.5 Å². The van der Waals surface area contributed by atoms with E-state index >= 15 is 0 Å². The summed E-state index contributed by atoms with van der Waals surface area (Å²) in [5, 5.41) is 4.71. The van der Waals surface area contributed by atoms with Crippen LogP contribution in [0.3, 0.4) is 0 Å². The number of rotatable bonds is 4. The minimum absolute atomic E-state index is 0.0641. The minimum atomic E-state index is 0.0641. The molecule has 0 bridgehead atoms. The second-order valence-electron chi connectivity index (χ2n) is 6.44. The summed E-state index contributed by atoms with van der Waals surface area (Å²) < 4.78 is 1.15. The third-order valence-electron chi connectivity index (χ3n) is 4.55. The quantitative estimate of drug-likeness (QED) is 0.722. The van der Waals surface area contributed by atoms with Gasteiger partial charge in [-0.15, -0.1) is 0 Å². The van der Waals surface area contributed by atoms with E-state index in [0.29, 0.717) is 11.6 Å². The number of benzene rings is 2. The summed E-state index contributed by atoms with van der Waals surface area (Å²) in [5.74, 6) is 0.0641. The van der Waals surface area contributed by atoms with Crippen molar-refractivity contribution in [3.63, 3.8) is 0 Å². The normalized spacial score (nSPS) is 15.3. The first kappa shape index (κ1) is 17.3. The number of hydrogen-bond acceptors (Lipinski definition) is 4. The highest BCUT2D eigenvalue weighted by Gasteiger charge is 2.24. The molecule has 0 spiro atoms. The van der Waals surface area contributed by atoms with Crippen LogP contribution in [0.25, 0.3) is 10.2 Å². The van der Waals surface area contributed by atoms with Crippen molar-refractivity contribution in [1.82, 2.24) is 4.98 Å². The predicted molar refractivity (Wildman–Crippen MR) is 107 cm³/mol. The fourth-order valence-corrected chi connectivity index (χ4v) is 4.33. The number of aromatic nitrogens is 1. The van der Waals surface area contributed by atoms with E-state index in [9.17, 15) is 4.79 Å². The molecular weight excluding hydrogens is 368 g/mol. The number of carbonyl (C=O) groups excluding carboxylic acids is 1. The molecule has 1 fully saturated rings. The van der Waals surface area contributed by atoms with E-state index in [-0.39, 0.29) is 5.91 Å². The van der Waals surface area contributed by atoms with Crippen LogP contribution in [0.2, 0.25) is 5.02 Å². The molecule has 4 rings (SSSR count). The minimum Gasteiger partial charge on any atom is -0.337 e.